The molecule has 1 atom stereocenters. The van der Waals surface area contributed by atoms with Crippen LogP contribution in [-0.2, 0) is 9.59 Å². The first-order chi connectivity index (χ1) is 6.20. The minimum Gasteiger partial charge on any atom is -0.345 e. The second kappa shape index (κ2) is 4.25. The van der Waals surface area contributed by atoms with Crippen LogP contribution in [0.2, 0.25) is 0 Å². The van der Waals surface area contributed by atoms with Gasteiger partial charge in [-0.3, -0.25) is 9.59 Å². The van der Waals surface area contributed by atoms with Crippen molar-refractivity contribution in [3.8, 4) is 0 Å². The fourth-order valence-electron chi connectivity index (χ4n) is 1.62. The predicted octanol–water partition coefficient (Wildman–Crippen LogP) is 0.133. The van der Waals surface area contributed by atoms with Gasteiger partial charge < -0.3 is 10.2 Å². The summed E-state index contributed by atoms with van der Waals surface area (Å²) in [4.78, 5) is 24.4. The summed E-state index contributed by atoms with van der Waals surface area (Å²) in [6.07, 6.45) is 1.59. The minimum atomic E-state index is -0.249. The van der Waals surface area contributed by atoms with Crippen molar-refractivity contribution in [2.45, 2.75) is 32.7 Å². The summed E-state index contributed by atoms with van der Waals surface area (Å²) >= 11 is 0. The number of carbonyl (C=O) groups is 2. The summed E-state index contributed by atoms with van der Waals surface area (Å²) in [5, 5.41) is 2.59. The van der Waals surface area contributed by atoms with Crippen molar-refractivity contribution in [2.24, 2.45) is 0 Å². The smallest absolute Gasteiger partial charge is 0.243 e. The van der Waals surface area contributed by atoms with Crippen LogP contribution in [0, 0.1) is 0 Å². The summed E-state index contributed by atoms with van der Waals surface area (Å²) in [5.74, 6) is 0.0175. The number of carbonyl (C=O) groups excluding carboxylic acids is 2. The maximum absolute atomic E-state index is 11.4. The van der Waals surface area contributed by atoms with Crippen molar-refractivity contribution in [1.29, 1.82) is 0 Å². The van der Waals surface area contributed by atoms with Crippen LogP contribution < -0.4 is 5.32 Å². The Morgan fingerprint density at radius 2 is 2.15 bits per heavy atom. The molecule has 0 radical (unpaired) electrons. The van der Waals surface area contributed by atoms with Crippen LogP contribution in [0.25, 0.3) is 0 Å². The molecule has 1 fully saturated rings. The van der Waals surface area contributed by atoms with Crippen molar-refractivity contribution in [3.05, 3.63) is 0 Å². The average molecular weight is 184 g/mol. The lowest BCUT2D eigenvalue weighted by Gasteiger charge is -2.34. The van der Waals surface area contributed by atoms with Crippen LogP contribution in [-0.4, -0.2) is 35.8 Å². The third kappa shape index (κ3) is 1.99. The Morgan fingerprint density at radius 1 is 1.46 bits per heavy atom. The van der Waals surface area contributed by atoms with Gasteiger partial charge in [-0.25, -0.2) is 0 Å². The number of rotatable bonds is 3. The zero-order valence-corrected chi connectivity index (χ0v) is 8.17. The lowest BCUT2D eigenvalue weighted by molar-refractivity contribution is -0.145. The highest BCUT2D eigenvalue weighted by atomic mass is 16.2. The lowest BCUT2D eigenvalue weighted by atomic mass is 10.1. The normalized spacial score (nSPS) is 23.2. The predicted molar refractivity (Wildman–Crippen MR) is 49.1 cm³/mol. The van der Waals surface area contributed by atoms with Gasteiger partial charge in [0.25, 0.3) is 0 Å². The Bertz CT molecular complexity index is 216. The van der Waals surface area contributed by atoms with Crippen molar-refractivity contribution < 1.29 is 9.59 Å². The number of amides is 2. The molecular formula is C9H16N2O2. The Morgan fingerprint density at radius 3 is 2.69 bits per heavy atom. The van der Waals surface area contributed by atoms with Gasteiger partial charge in [0, 0.05) is 6.54 Å². The molecule has 74 valence electrons. The molecule has 13 heavy (non-hydrogen) atoms. The van der Waals surface area contributed by atoms with Crippen LogP contribution in [0.5, 0.6) is 0 Å². The molecule has 0 aromatic heterocycles. The fraction of sp³-hybridized carbons (Fsp3) is 0.778. The van der Waals surface area contributed by atoms with Crippen LogP contribution in [0.4, 0.5) is 0 Å². The molecule has 1 aliphatic heterocycles. The van der Waals surface area contributed by atoms with Gasteiger partial charge in [-0.05, 0) is 12.8 Å². The van der Waals surface area contributed by atoms with Crippen molar-refractivity contribution >= 4 is 11.8 Å². The Hall–Kier alpha value is -1.06. The molecule has 1 saturated heterocycles. The molecule has 1 rings (SSSR count). The zero-order chi connectivity index (χ0) is 9.84. The van der Waals surface area contributed by atoms with Crippen LogP contribution in [0.15, 0.2) is 0 Å². The molecule has 2 amide bonds. The fourth-order valence-corrected chi connectivity index (χ4v) is 1.62. The van der Waals surface area contributed by atoms with E-state index in [9.17, 15) is 9.59 Å². The van der Waals surface area contributed by atoms with Crippen LogP contribution >= 0.6 is 0 Å². The van der Waals surface area contributed by atoms with Crippen LogP contribution in [0.1, 0.15) is 26.7 Å². The van der Waals surface area contributed by atoms with E-state index < -0.39 is 0 Å². The molecule has 1 aliphatic rings. The first-order valence-corrected chi connectivity index (χ1v) is 4.77. The molecule has 1 heterocycles. The van der Waals surface area contributed by atoms with E-state index in [1.54, 1.807) is 4.90 Å². The van der Waals surface area contributed by atoms with Gasteiger partial charge in [0.2, 0.25) is 11.8 Å². The summed E-state index contributed by atoms with van der Waals surface area (Å²) in [6.45, 7) is 4.78. The topological polar surface area (TPSA) is 49.4 Å². The van der Waals surface area contributed by atoms with Gasteiger partial charge in [0.05, 0.1) is 6.54 Å². The molecule has 0 aromatic rings. The van der Waals surface area contributed by atoms with E-state index in [0.717, 1.165) is 6.42 Å². The van der Waals surface area contributed by atoms with E-state index in [-0.39, 0.29) is 24.4 Å². The molecule has 1 unspecified atom stereocenters. The number of nitrogens with zero attached hydrogens (tertiary/aromatic N) is 1. The van der Waals surface area contributed by atoms with E-state index in [0.29, 0.717) is 13.0 Å². The SMILES string of the molecule is CCCN1C(=O)CNC(=O)C1CC. The number of nitrogens with one attached hydrogen (secondary N) is 1. The molecule has 0 aromatic carbocycles. The zero-order valence-electron chi connectivity index (χ0n) is 8.17. The minimum absolute atomic E-state index is 0.0180. The van der Waals surface area contributed by atoms with E-state index >= 15 is 0 Å². The van der Waals surface area contributed by atoms with Gasteiger partial charge >= 0.3 is 0 Å². The largest absolute Gasteiger partial charge is 0.345 e. The van der Waals surface area contributed by atoms with Crippen molar-refractivity contribution in [3.63, 3.8) is 0 Å². The first kappa shape index (κ1) is 10.0. The second-order valence-electron chi connectivity index (χ2n) is 3.23. The molecular weight excluding hydrogens is 168 g/mol. The number of hydrogen-bond donors (Lipinski definition) is 1. The quantitative estimate of drug-likeness (QED) is 0.678. The van der Waals surface area contributed by atoms with E-state index in [1.165, 1.54) is 0 Å². The summed E-state index contributed by atoms with van der Waals surface area (Å²) in [7, 11) is 0. The van der Waals surface area contributed by atoms with Crippen molar-refractivity contribution in [2.75, 3.05) is 13.1 Å². The number of piperazine rings is 1. The van der Waals surface area contributed by atoms with Gasteiger partial charge in [0.1, 0.15) is 6.04 Å². The maximum Gasteiger partial charge on any atom is 0.243 e. The molecule has 0 aliphatic carbocycles. The highest BCUT2D eigenvalue weighted by molar-refractivity contribution is 5.94. The average Bonchev–Trinajstić information content (AvgIpc) is 2.12. The third-order valence-corrected chi connectivity index (χ3v) is 2.26. The molecule has 4 heteroatoms. The first-order valence-electron chi connectivity index (χ1n) is 4.77. The Labute approximate surface area is 78.3 Å². The van der Waals surface area contributed by atoms with Gasteiger partial charge in [-0.1, -0.05) is 13.8 Å². The summed E-state index contributed by atoms with van der Waals surface area (Å²) in [5.41, 5.74) is 0. The summed E-state index contributed by atoms with van der Waals surface area (Å²) in [6, 6.07) is -0.249. The van der Waals surface area contributed by atoms with E-state index in [2.05, 4.69) is 5.32 Å². The standard InChI is InChI=1S/C9H16N2O2/c1-3-5-11-7(4-2)9(13)10-6-8(11)12/h7H,3-6H2,1-2H3,(H,10,13). The van der Waals surface area contributed by atoms with Crippen LogP contribution in [0.3, 0.4) is 0 Å². The second-order valence-corrected chi connectivity index (χ2v) is 3.23. The molecule has 1 N–H and O–H groups in total. The Kier molecular flexibility index (Phi) is 3.28. The molecule has 0 spiro atoms. The lowest BCUT2D eigenvalue weighted by Crippen LogP contribution is -2.58. The van der Waals surface area contributed by atoms with Gasteiger partial charge in [-0.2, -0.15) is 0 Å². The highest BCUT2D eigenvalue weighted by Crippen LogP contribution is 2.09. The molecule has 0 saturated carbocycles. The van der Waals surface area contributed by atoms with Crippen molar-refractivity contribution in [1.82, 2.24) is 10.2 Å². The van der Waals surface area contributed by atoms with E-state index in [4.69, 9.17) is 0 Å². The molecule has 4 nitrogen and oxygen atoms in total. The third-order valence-electron chi connectivity index (χ3n) is 2.26. The monoisotopic (exact) mass is 184 g/mol. The molecule has 0 bridgehead atoms. The Balaban J connectivity index is 2.71. The number of hydrogen-bond acceptors (Lipinski definition) is 2. The van der Waals surface area contributed by atoms with Gasteiger partial charge in [-0.15, -0.1) is 0 Å². The maximum atomic E-state index is 11.4. The van der Waals surface area contributed by atoms with Gasteiger partial charge in [0.15, 0.2) is 0 Å². The summed E-state index contributed by atoms with van der Waals surface area (Å²) < 4.78 is 0. The highest BCUT2D eigenvalue weighted by Gasteiger charge is 2.31. The van der Waals surface area contributed by atoms with E-state index in [1.807, 2.05) is 13.8 Å².